The molecule has 4 rings (SSSR count). The summed E-state index contributed by atoms with van der Waals surface area (Å²) in [5.74, 6) is 0.885. The first kappa shape index (κ1) is 21.0. The summed E-state index contributed by atoms with van der Waals surface area (Å²) in [5, 5.41) is 7.50. The maximum Gasteiger partial charge on any atom is 0.227 e. The molecule has 1 amide bonds. The zero-order chi connectivity index (χ0) is 21.1. The smallest absolute Gasteiger partial charge is 0.227 e. The van der Waals surface area contributed by atoms with Gasteiger partial charge in [-0.3, -0.25) is 15.0 Å². The van der Waals surface area contributed by atoms with Crippen molar-refractivity contribution in [2.45, 2.75) is 25.7 Å². The highest BCUT2D eigenvalue weighted by molar-refractivity contribution is 6.30. The Kier molecular flexibility index (Phi) is 6.46. The number of rotatable bonds is 5. The molecule has 0 radical (unpaired) electrons. The van der Waals surface area contributed by atoms with E-state index in [4.69, 9.17) is 16.3 Å². The van der Waals surface area contributed by atoms with Crippen molar-refractivity contribution in [3.8, 4) is 5.75 Å². The van der Waals surface area contributed by atoms with E-state index in [1.165, 1.54) is 5.69 Å². The van der Waals surface area contributed by atoms with Gasteiger partial charge in [-0.2, -0.15) is 0 Å². The lowest BCUT2D eigenvalue weighted by Crippen LogP contribution is -2.69. The molecule has 0 bridgehead atoms. The Hall–Kier alpha value is -2.28. The van der Waals surface area contributed by atoms with Crippen molar-refractivity contribution in [3.05, 3.63) is 59.1 Å². The number of piperazine rings is 1. The van der Waals surface area contributed by atoms with Crippen molar-refractivity contribution in [2.24, 2.45) is 5.92 Å². The predicted molar refractivity (Wildman–Crippen MR) is 120 cm³/mol. The number of amides is 1. The molecule has 0 aromatic heterocycles. The third-order valence-corrected chi connectivity index (χ3v) is 6.38. The predicted octanol–water partition coefficient (Wildman–Crippen LogP) is 2.72. The zero-order valence-electron chi connectivity index (χ0n) is 17.5. The van der Waals surface area contributed by atoms with Crippen LogP contribution in [0, 0.1) is 5.92 Å². The minimum Gasteiger partial charge on any atom is -0.497 e. The minimum absolute atomic E-state index is 0.0944. The van der Waals surface area contributed by atoms with E-state index in [1.54, 1.807) is 7.11 Å². The second kappa shape index (κ2) is 9.25. The van der Waals surface area contributed by atoms with Gasteiger partial charge in [-0.25, -0.2) is 0 Å². The molecule has 2 heterocycles. The van der Waals surface area contributed by atoms with Gasteiger partial charge in [0.05, 0.1) is 13.0 Å². The van der Waals surface area contributed by atoms with Crippen molar-refractivity contribution < 1.29 is 9.53 Å². The van der Waals surface area contributed by atoms with Crippen LogP contribution in [-0.4, -0.2) is 56.4 Å². The molecule has 30 heavy (non-hydrogen) atoms. The molecule has 2 aromatic rings. The summed E-state index contributed by atoms with van der Waals surface area (Å²) in [5.41, 5.74) is 2.33. The largest absolute Gasteiger partial charge is 0.497 e. The van der Waals surface area contributed by atoms with E-state index >= 15 is 0 Å². The number of ether oxygens (including phenoxy) is 1. The number of nitrogens with one attached hydrogen (secondary N) is 2. The minimum atomic E-state index is -0.119. The van der Waals surface area contributed by atoms with Crippen LogP contribution >= 0.6 is 11.6 Å². The Morgan fingerprint density at radius 1 is 1.03 bits per heavy atom. The van der Waals surface area contributed by atoms with E-state index in [1.807, 2.05) is 36.4 Å². The van der Waals surface area contributed by atoms with Gasteiger partial charge in [-0.15, -0.1) is 0 Å². The summed E-state index contributed by atoms with van der Waals surface area (Å²) in [6.07, 6.45) is 0.585. The molecule has 0 saturated carbocycles. The van der Waals surface area contributed by atoms with E-state index in [-0.39, 0.29) is 24.2 Å². The number of hydrogen-bond acceptors (Lipinski definition) is 5. The molecule has 2 N–H and O–H groups in total. The SMILES string of the molecule is COc1ccc(N2CCN(C3NC(=O)C(Cc4ccc(Cl)cc4)C(C)N3)CC2)cc1. The highest BCUT2D eigenvalue weighted by Gasteiger charge is 2.36. The van der Waals surface area contributed by atoms with Crippen LogP contribution in [0.4, 0.5) is 5.69 Å². The Labute approximate surface area is 183 Å². The molecule has 2 saturated heterocycles. The first-order chi connectivity index (χ1) is 14.5. The van der Waals surface area contributed by atoms with Crippen molar-refractivity contribution >= 4 is 23.2 Å². The summed E-state index contributed by atoms with van der Waals surface area (Å²) in [7, 11) is 1.68. The first-order valence-corrected chi connectivity index (χ1v) is 10.9. The van der Waals surface area contributed by atoms with Crippen LogP contribution in [-0.2, 0) is 11.2 Å². The molecular weight excluding hydrogens is 400 g/mol. The molecule has 3 unspecified atom stereocenters. The van der Waals surface area contributed by atoms with Crippen LogP contribution in [0.5, 0.6) is 5.75 Å². The maximum atomic E-state index is 12.8. The van der Waals surface area contributed by atoms with E-state index in [0.29, 0.717) is 11.4 Å². The van der Waals surface area contributed by atoms with E-state index in [0.717, 1.165) is 37.5 Å². The van der Waals surface area contributed by atoms with Crippen LogP contribution < -0.4 is 20.3 Å². The normalized spacial score (nSPS) is 25.1. The monoisotopic (exact) mass is 428 g/mol. The number of carbonyl (C=O) groups excluding carboxylic acids is 1. The van der Waals surface area contributed by atoms with Crippen molar-refractivity contribution in [2.75, 3.05) is 38.2 Å². The number of carbonyl (C=O) groups is 1. The van der Waals surface area contributed by atoms with Gasteiger partial charge in [-0.05, 0) is 55.3 Å². The van der Waals surface area contributed by atoms with Gasteiger partial charge in [-0.1, -0.05) is 23.7 Å². The summed E-state index contributed by atoms with van der Waals surface area (Å²) in [6.45, 7) is 5.71. The molecule has 0 aliphatic carbocycles. The fourth-order valence-electron chi connectivity index (χ4n) is 4.25. The molecule has 0 spiro atoms. The van der Waals surface area contributed by atoms with Crippen LogP contribution in [0.1, 0.15) is 12.5 Å². The molecule has 2 fully saturated rings. The summed E-state index contributed by atoms with van der Waals surface area (Å²) in [4.78, 5) is 17.5. The fraction of sp³-hybridized carbons (Fsp3) is 0.435. The number of benzene rings is 2. The summed E-state index contributed by atoms with van der Waals surface area (Å²) >= 11 is 5.97. The van der Waals surface area contributed by atoms with E-state index < -0.39 is 0 Å². The highest BCUT2D eigenvalue weighted by Crippen LogP contribution is 2.22. The molecule has 7 heteroatoms. The zero-order valence-corrected chi connectivity index (χ0v) is 18.2. The molecule has 3 atom stereocenters. The quantitative estimate of drug-likeness (QED) is 0.766. The fourth-order valence-corrected chi connectivity index (χ4v) is 4.37. The van der Waals surface area contributed by atoms with Gasteiger partial charge in [0.1, 0.15) is 12.0 Å². The third kappa shape index (κ3) is 4.72. The lowest BCUT2D eigenvalue weighted by molar-refractivity contribution is -0.132. The highest BCUT2D eigenvalue weighted by atomic mass is 35.5. The van der Waals surface area contributed by atoms with Crippen LogP contribution in [0.2, 0.25) is 5.02 Å². The Bertz CT molecular complexity index is 851. The average molecular weight is 429 g/mol. The third-order valence-electron chi connectivity index (χ3n) is 6.13. The number of anilines is 1. The topological polar surface area (TPSA) is 56.8 Å². The first-order valence-electron chi connectivity index (χ1n) is 10.5. The van der Waals surface area contributed by atoms with Gasteiger partial charge >= 0.3 is 0 Å². The molecule has 2 aliphatic rings. The maximum absolute atomic E-state index is 12.8. The molecule has 6 nitrogen and oxygen atoms in total. The number of halogens is 1. The number of hydrogen-bond donors (Lipinski definition) is 2. The standard InChI is InChI=1S/C23H29ClN4O2/c1-16-21(15-17-3-5-18(24)6-4-17)22(29)26-23(25-16)28-13-11-27(12-14-28)19-7-9-20(30-2)10-8-19/h3-10,16,21,23,25H,11-15H2,1-2H3,(H,26,29). The second-order valence-corrected chi connectivity index (χ2v) is 8.46. The van der Waals surface area contributed by atoms with Gasteiger partial charge in [0.15, 0.2) is 0 Å². The Balaban J connectivity index is 1.31. The lowest BCUT2D eigenvalue weighted by atomic mass is 9.90. The Morgan fingerprint density at radius 2 is 1.70 bits per heavy atom. The van der Waals surface area contributed by atoms with Crippen LogP contribution in [0.15, 0.2) is 48.5 Å². The number of nitrogens with zero attached hydrogens (tertiary/aromatic N) is 2. The average Bonchev–Trinajstić information content (AvgIpc) is 2.77. The molecular formula is C23H29ClN4O2. The molecule has 2 aromatic carbocycles. The van der Waals surface area contributed by atoms with Gasteiger partial charge in [0, 0.05) is 42.9 Å². The lowest BCUT2D eigenvalue weighted by Gasteiger charge is -2.45. The van der Waals surface area contributed by atoms with Crippen molar-refractivity contribution in [1.82, 2.24) is 15.5 Å². The molecule has 2 aliphatic heterocycles. The van der Waals surface area contributed by atoms with Gasteiger partial charge in [0.2, 0.25) is 5.91 Å². The number of methoxy groups -OCH3 is 1. The second-order valence-electron chi connectivity index (χ2n) is 8.02. The van der Waals surface area contributed by atoms with Gasteiger partial charge in [0.25, 0.3) is 0 Å². The molecule has 160 valence electrons. The summed E-state index contributed by atoms with van der Waals surface area (Å²) < 4.78 is 5.24. The van der Waals surface area contributed by atoms with E-state index in [9.17, 15) is 4.79 Å². The summed E-state index contributed by atoms with van der Waals surface area (Å²) in [6, 6.07) is 16.0. The van der Waals surface area contributed by atoms with Gasteiger partial charge < -0.3 is 15.0 Å². The van der Waals surface area contributed by atoms with Crippen molar-refractivity contribution in [3.63, 3.8) is 0 Å². The van der Waals surface area contributed by atoms with Crippen LogP contribution in [0.3, 0.4) is 0 Å². The Morgan fingerprint density at radius 3 is 2.30 bits per heavy atom. The van der Waals surface area contributed by atoms with Crippen molar-refractivity contribution in [1.29, 1.82) is 0 Å². The van der Waals surface area contributed by atoms with Crippen LogP contribution in [0.25, 0.3) is 0 Å². The van der Waals surface area contributed by atoms with E-state index in [2.05, 4.69) is 39.5 Å².